The SMILES string of the molecule is CC(C)(c1ccc(F)cc1)N1CCN(c2ccc3nnc(C(F)F)n3n2)CC1. The zero-order valence-electron chi connectivity index (χ0n) is 15.7. The first-order chi connectivity index (χ1) is 13.4. The monoisotopic (exact) mass is 390 g/mol. The molecule has 3 aromatic rings. The van der Waals surface area contributed by atoms with E-state index in [1.54, 1.807) is 12.1 Å². The molecule has 148 valence electrons. The minimum atomic E-state index is -2.73. The Morgan fingerprint density at radius 3 is 2.25 bits per heavy atom. The van der Waals surface area contributed by atoms with Gasteiger partial charge in [-0.1, -0.05) is 12.1 Å². The number of rotatable bonds is 4. The Balaban J connectivity index is 1.50. The van der Waals surface area contributed by atoms with Crippen molar-refractivity contribution in [2.24, 2.45) is 0 Å². The fourth-order valence-electron chi connectivity index (χ4n) is 3.64. The van der Waals surface area contributed by atoms with Crippen LogP contribution in [0, 0.1) is 5.82 Å². The lowest BCUT2D eigenvalue weighted by Gasteiger charge is -2.44. The van der Waals surface area contributed by atoms with E-state index in [0.717, 1.165) is 23.2 Å². The Labute approximate surface area is 160 Å². The van der Waals surface area contributed by atoms with E-state index in [0.29, 0.717) is 24.6 Å². The number of piperazine rings is 1. The van der Waals surface area contributed by atoms with Crippen LogP contribution in [0.2, 0.25) is 0 Å². The molecule has 0 unspecified atom stereocenters. The second kappa shape index (κ2) is 7.05. The highest BCUT2D eigenvalue weighted by molar-refractivity contribution is 5.46. The molecule has 1 fully saturated rings. The van der Waals surface area contributed by atoms with Crippen LogP contribution in [-0.2, 0) is 5.54 Å². The summed E-state index contributed by atoms with van der Waals surface area (Å²) in [4.78, 5) is 4.39. The van der Waals surface area contributed by atoms with Crippen molar-refractivity contribution < 1.29 is 13.2 Å². The van der Waals surface area contributed by atoms with Gasteiger partial charge in [-0.25, -0.2) is 13.2 Å². The van der Waals surface area contributed by atoms with Crippen LogP contribution >= 0.6 is 0 Å². The highest BCUT2D eigenvalue weighted by atomic mass is 19.3. The average molecular weight is 390 g/mol. The largest absolute Gasteiger partial charge is 0.353 e. The minimum Gasteiger partial charge on any atom is -0.353 e. The van der Waals surface area contributed by atoms with Gasteiger partial charge < -0.3 is 4.90 Å². The highest BCUT2D eigenvalue weighted by Crippen LogP contribution is 2.29. The van der Waals surface area contributed by atoms with E-state index >= 15 is 0 Å². The van der Waals surface area contributed by atoms with Gasteiger partial charge in [-0.2, -0.15) is 4.52 Å². The molecular formula is C19H21F3N6. The van der Waals surface area contributed by atoms with Gasteiger partial charge in [0.15, 0.2) is 5.65 Å². The van der Waals surface area contributed by atoms with Crippen LogP contribution < -0.4 is 4.90 Å². The third kappa shape index (κ3) is 3.30. The first kappa shape index (κ1) is 18.7. The van der Waals surface area contributed by atoms with Gasteiger partial charge >= 0.3 is 0 Å². The Kier molecular flexibility index (Phi) is 4.70. The smallest absolute Gasteiger partial charge is 0.299 e. The maximum Gasteiger partial charge on any atom is 0.299 e. The molecule has 0 bridgehead atoms. The fourth-order valence-corrected chi connectivity index (χ4v) is 3.64. The summed E-state index contributed by atoms with van der Waals surface area (Å²) >= 11 is 0. The van der Waals surface area contributed by atoms with Crippen molar-refractivity contribution in [2.45, 2.75) is 25.8 Å². The molecule has 0 amide bonds. The summed E-state index contributed by atoms with van der Waals surface area (Å²) in [5.41, 5.74) is 1.11. The lowest BCUT2D eigenvalue weighted by Crippen LogP contribution is -2.53. The van der Waals surface area contributed by atoms with E-state index in [-0.39, 0.29) is 11.4 Å². The van der Waals surface area contributed by atoms with E-state index in [1.165, 1.54) is 12.1 Å². The zero-order valence-corrected chi connectivity index (χ0v) is 15.7. The van der Waals surface area contributed by atoms with Crippen LogP contribution in [0.1, 0.15) is 31.7 Å². The Hall–Kier alpha value is -2.68. The quantitative estimate of drug-likeness (QED) is 0.685. The van der Waals surface area contributed by atoms with Crippen molar-refractivity contribution in [2.75, 3.05) is 31.1 Å². The highest BCUT2D eigenvalue weighted by Gasteiger charge is 2.32. The maximum atomic E-state index is 13.2. The molecule has 3 heterocycles. The minimum absolute atomic E-state index is 0.242. The molecule has 6 nitrogen and oxygen atoms in total. The second-order valence-corrected chi connectivity index (χ2v) is 7.36. The van der Waals surface area contributed by atoms with Gasteiger partial charge in [-0.3, -0.25) is 4.90 Å². The number of anilines is 1. The number of benzene rings is 1. The molecule has 2 aromatic heterocycles. The lowest BCUT2D eigenvalue weighted by molar-refractivity contribution is 0.111. The topological polar surface area (TPSA) is 49.6 Å². The molecule has 1 aliphatic rings. The predicted molar refractivity (Wildman–Crippen MR) is 99.0 cm³/mol. The number of halogens is 3. The summed E-state index contributed by atoms with van der Waals surface area (Å²) in [6, 6.07) is 10.0. The van der Waals surface area contributed by atoms with Crippen molar-refractivity contribution in [3.63, 3.8) is 0 Å². The third-order valence-electron chi connectivity index (χ3n) is 5.41. The van der Waals surface area contributed by atoms with Crippen molar-refractivity contribution in [3.8, 4) is 0 Å². The van der Waals surface area contributed by atoms with Crippen molar-refractivity contribution in [1.82, 2.24) is 24.7 Å². The van der Waals surface area contributed by atoms with Gasteiger partial charge in [-0.05, 0) is 43.7 Å². The van der Waals surface area contributed by atoms with Crippen LogP contribution in [0.5, 0.6) is 0 Å². The fraction of sp³-hybridized carbons (Fsp3) is 0.421. The molecule has 0 spiro atoms. The van der Waals surface area contributed by atoms with E-state index in [1.807, 2.05) is 12.1 Å². The first-order valence-corrected chi connectivity index (χ1v) is 9.13. The predicted octanol–water partition coefficient (Wildman–Crippen LogP) is 3.26. The van der Waals surface area contributed by atoms with Crippen molar-refractivity contribution in [3.05, 3.63) is 53.6 Å². The van der Waals surface area contributed by atoms with Crippen LogP contribution in [0.3, 0.4) is 0 Å². The number of hydrogen-bond acceptors (Lipinski definition) is 5. The van der Waals surface area contributed by atoms with E-state index in [2.05, 4.69) is 38.9 Å². The molecular weight excluding hydrogens is 369 g/mol. The van der Waals surface area contributed by atoms with E-state index < -0.39 is 12.2 Å². The Morgan fingerprint density at radius 2 is 1.61 bits per heavy atom. The van der Waals surface area contributed by atoms with Crippen LogP contribution in [0.25, 0.3) is 5.65 Å². The molecule has 1 aliphatic heterocycles. The van der Waals surface area contributed by atoms with Gasteiger partial charge in [0, 0.05) is 31.7 Å². The Morgan fingerprint density at radius 1 is 0.929 bits per heavy atom. The van der Waals surface area contributed by atoms with Crippen molar-refractivity contribution >= 4 is 11.5 Å². The summed E-state index contributed by atoms with van der Waals surface area (Å²) in [6.45, 7) is 7.19. The number of aromatic nitrogens is 4. The summed E-state index contributed by atoms with van der Waals surface area (Å²) in [6.07, 6.45) is -2.73. The van der Waals surface area contributed by atoms with Crippen LogP contribution in [0.15, 0.2) is 36.4 Å². The molecule has 1 aromatic carbocycles. The summed E-state index contributed by atoms with van der Waals surface area (Å²) in [5, 5.41) is 11.6. The summed E-state index contributed by atoms with van der Waals surface area (Å²) < 4.78 is 40.5. The van der Waals surface area contributed by atoms with Crippen LogP contribution in [0.4, 0.5) is 19.0 Å². The number of alkyl halides is 2. The van der Waals surface area contributed by atoms with Gasteiger partial charge in [0.2, 0.25) is 5.82 Å². The molecule has 9 heteroatoms. The third-order valence-corrected chi connectivity index (χ3v) is 5.41. The first-order valence-electron chi connectivity index (χ1n) is 9.13. The van der Waals surface area contributed by atoms with Gasteiger partial charge in [0.05, 0.1) is 0 Å². The second-order valence-electron chi connectivity index (χ2n) is 7.36. The molecule has 0 aliphatic carbocycles. The standard InChI is InChI=1S/C19H21F3N6/c1-19(2,13-3-5-14(20)6-4-13)27-11-9-26(10-12-27)16-8-7-15-23-24-18(17(21)22)28(15)25-16/h3-8,17H,9-12H2,1-2H3. The van der Waals surface area contributed by atoms with E-state index in [4.69, 9.17) is 0 Å². The molecule has 0 saturated carbocycles. The van der Waals surface area contributed by atoms with Gasteiger partial charge in [0.25, 0.3) is 6.43 Å². The average Bonchev–Trinajstić information content (AvgIpc) is 3.12. The Bertz CT molecular complexity index is 961. The van der Waals surface area contributed by atoms with E-state index in [9.17, 15) is 13.2 Å². The molecule has 1 saturated heterocycles. The van der Waals surface area contributed by atoms with Crippen molar-refractivity contribution in [1.29, 1.82) is 0 Å². The number of hydrogen-bond donors (Lipinski definition) is 0. The van der Waals surface area contributed by atoms with Crippen LogP contribution in [-0.4, -0.2) is 50.9 Å². The molecule has 28 heavy (non-hydrogen) atoms. The number of fused-ring (bicyclic) bond motifs is 1. The summed E-state index contributed by atoms with van der Waals surface area (Å²) in [5.74, 6) is -0.0793. The molecule has 0 N–H and O–H groups in total. The molecule has 0 atom stereocenters. The zero-order chi connectivity index (χ0) is 19.9. The molecule has 0 radical (unpaired) electrons. The normalized spacial score (nSPS) is 16.3. The summed E-state index contributed by atoms with van der Waals surface area (Å²) in [7, 11) is 0. The van der Waals surface area contributed by atoms with Gasteiger partial charge in [-0.15, -0.1) is 15.3 Å². The van der Waals surface area contributed by atoms with Gasteiger partial charge in [0.1, 0.15) is 11.6 Å². The lowest BCUT2D eigenvalue weighted by atomic mass is 9.91. The number of nitrogens with zero attached hydrogens (tertiary/aromatic N) is 6. The molecule has 4 rings (SSSR count). The maximum absolute atomic E-state index is 13.2.